The maximum atomic E-state index is 14.0. The zero-order valence-electron chi connectivity index (χ0n) is 51.0. The molecule has 0 saturated carbocycles. The van der Waals surface area contributed by atoms with Crippen LogP contribution in [0.2, 0.25) is 0 Å². The van der Waals surface area contributed by atoms with Gasteiger partial charge in [0.15, 0.2) is 23.1 Å². The first-order valence-corrected chi connectivity index (χ1v) is 32.0. The minimum absolute atomic E-state index is 0. The summed E-state index contributed by atoms with van der Waals surface area (Å²) in [6.07, 6.45) is -17.1. The van der Waals surface area contributed by atoms with Gasteiger partial charge in [-0.25, -0.2) is 19.9 Å². The number of methoxy groups -OCH3 is 4. The Morgan fingerprint density at radius 2 is 0.716 bits per heavy atom. The summed E-state index contributed by atoms with van der Waals surface area (Å²) in [7, 11) is 5.02. The van der Waals surface area contributed by atoms with Gasteiger partial charge in [-0.2, -0.15) is 52.7 Å². The molecule has 0 saturated heterocycles. The molecule has 0 bridgehead atoms. The van der Waals surface area contributed by atoms with E-state index in [0.717, 1.165) is 96.1 Å². The van der Waals surface area contributed by atoms with E-state index in [4.69, 9.17) is 41.6 Å². The molecule has 4 aromatic carbocycles. The fraction of sp³-hybridized carbons (Fsp3) is 0.381. The maximum Gasteiger partial charge on any atom is 0.417 e. The van der Waals surface area contributed by atoms with Gasteiger partial charge in [-0.1, -0.05) is 20.9 Å². The zero-order chi connectivity index (χ0) is 69.9. The average molecular weight is 1420 g/mol. The van der Waals surface area contributed by atoms with Crippen molar-refractivity contribution >= 4 is 76.0 Å². The molecule has 16 nitrogen and oxygen atoms in total. The summed E-state index contributed by atoms with van der Waals surface area (Å²) in [5.74, 6) is -1.61. The molecule has 0 atom stereocenters. The number of nitrogens with one attached hydrogen (secondary N) is 1. The van der Waals surface area contributed by atoms with Crippen LogP contribution in [0.25, 0.3) is 0 Å². The molecule has 0 aliphatic carbocycles. The minimum atomic E-state index is -4.76. The van der Waals surface area contributed by atoms with Crippen LogP contribution in [0.15, 0.2) is 105 Å². The molecule has 0 aliphatic rings. The Labute approximate surface area is 557 Å². The molecule has 516 valence electrons. The number of hydrogen-bond donors (Lipinski definition) is 4. The predicted octanol–water partition coefficient (Wildman–Crippen LogP) is 15.1. The van der Waals surface area contributed by atoms with Crippen LogP contribution in [0.5, 0.6) is 23.0 Å². The number of ketones is 4. The van der Waals surface area contributed by atoms with Gasteiger partial charge in [0.25, 0.3) is 0 Å². The number of ether oxygens (including phenoxy) is 4. The number of thioether (sulfide) groups is 4. The Bertz CT molecular complexity index is 3480. The van der Waals surface area contributed by atoms with Crippen LogP contribution in [-0.4, -0.2) is 107 Å². The number of nitrogens with zero attached hydrogens (tertiary/aromatic N) is 4. The highest BCUT2D eigenvalue weighted by atomic mass is 32.2. The standard InChI is InChI=1S/C33H35F6N5O4S2.C29H29F6N3O4S2.CH4/c1-18(40)6-4-8-49-29-15-27(47-2)19(10-21(29)32(34,35)36)12-25(45)23-14-24(44-17-43-23)26(46)13-20-11-22(33(37,38)39)30(16-28(20)48-3)50-9-5-7-31(41)42;1-4-6-43-26-13-24(41-2)16(8-18(26)28(30,31)32)10-22(39)20-12-21(38-15-37-20)23(40)11-17-9-19(29(33,34)35)27(44-7-5-36)14-25(17)42-3;/h10-11,14-17H,1,4-9,12-13,40H2,2-3H3,(H3,41,42);8-9,12-15H,4-7,10-11,36H2,1-3H3;1H4. The fourth-order valence-electron chi connectivity index (χ4n) is 8.79. The van der Waals surface area contributed by atoms with E-state index in [2.05, 4.69) is 26.5 Å². The van der Waals surface area contributed by atoms with Crippen molar-refractivity contribution in [3.8, 4) is 23.0 Å². The van der Waals surface area contributed by atoms with Gasteiger partial charge < -0.3 is 36.1 Å². The first-order chi connectivity index (χ1) is 44.2. The Balaban J connectivity index is 0.000000403. The van der Waals surface area contributed by atoms with E-state index >= 15 is 0 Å². The second-order valence-corrected chi connectivity index (χ2v) is 24.7. The molecular formula is C63H68F12N8O8S4. The number of carbonyl (C=O) groups excluding carboxylic acids is 4. The predicted molar refractivity (Wildman–Crippen MR) is 341 cm³/mol. The van der Waals surface area contributed by atoms with Crippen LogP contribution in [0.1, 0.15) is 133 Å². The van der Waals surface area contributed by atoms with Crippen molar-refractivity contribution < 1.29 is 90.8 Å². The Morgan fingerprint density at radius 3 is 0.947 bits per heavy atom. The molecule has 6 rings (SSSR count). The van der Waals surface area contributed by atoms with E-state index in [-0.39, 0.29) is 125 Å². The Morgan fingerprint density at radius 1 is 0.453 bits per heavy atom. The smallest absolute Gasteiger partial charge is 0.417 e. The SMILES string of the molecule is C.C=C(N)CCCSc1cc(OC)c(CC(=O)c2cc(C(=O)Cc3cc(C(F)(F)F)c(SCCCC(=N)N)cc3OC)ncn2)cc1C(F)(F)F.CCCSc1cc(OC)c(CC(=O)c2cc(C(=O)Cc3cc(C(F)(F)F)c(SCCN)cc3OC)ncn2)cc1C(F)(F)F. The normalized spacial score (nSPS) is 11.6. The van der Waals surface area contributed by atoms with E-state index < -0.39 is 95.8 Å². The molecule has 0 radical (unpaired) electrons. The highest BCUT2D eigenvalue weighted by molar-refractivity contribution is 8.00. The van der Waals surface area contributed by atoms with Crippen LogP contribution < -0.4 is 36.1 Å². The second-order valence-electron chi connectivity index (χ2n) is 20.2. The highest BCUT2D eigenvalue weighted by Gasteiger charge is 2.39. The van der Waals surface area contributed by atoms with Crippen molar-refractivity contribution in [1.29, 1.82) is 5.41 Å². The number of carbonyl (C=O) groups is 4. The quantitative estimate of drug-likeness (QED) is 0.00764. The van der Waals surface area contributed by atoms with Crippen molar-refractivity contribution in [3.63, 3.8) is 0 Å². The summed E-state index contributed by atoms with van der Waals surface area (Å²) < 4.78 is 188. The molecule has 32 heteroatoms. The number of allylic oxidation sites excluding steroid dienone is 1. The van der Waals surface area contributed by atoms with E-state index in [9.17, 15) is 71.9 Å². The lowest BCUT2D eigenvalue weighted by Crippen LogP contribution is -2.14. The minimum Gasteiger partial charge on any atom is -0.496 e. The van der Waals surface area contributed by atoms with E-state index in [0.29, 0.717) is 42.9 Å². The maximum absolute atomic E-state index is 14.0. The van der Waals surface area contributed by atoms with Crippen LogP contribution in [0.4, 0.5) is 52.7 Å². The van der Waals surface area contributed by atoms with Crippen molar-refractivity contribution in [2.75, 3.05) is 58.0 Å². The number of Topliss-reactive ketones (excluding diaryl/α,β-unsaturated/α-hetero) is 4. The number of alkyl halides is 12. The van der Waals surface area contributed by atoms with Crippen LogP contribution >= 0.6 is 47.0 Å². The first-order valence-electron chi connectivity index (χ1n) is 28.0. The topological polar surface area (TPSA) is 259 Å². The van der Waals surface area contributed by atoms with Gasteiger partial charge in [0.1, 0.15) is 58.4 Å². The van der Waals surface area contributed by atoms with E-state index in [1.165, 1.54) is 52.7 Å². The summed E-state index contributed by atoms with van der Waals surface area (Å²) in [6.45, 7) is 5.56. The fourth-order valence-corrected chi connectivity index (χ4v) is 12.6. The second kappa shape index (κ2) is 36.0. The molecule has 7 N–H and O–H groups in total. The lowest BCUT2D eigenvalue weighted by Gasteiger charge is -2.17. The molecule has 0 spiro atoms. The highest BCUT2D eigenvalue weighted by Crippen LogP contribution is 2.45. The molecule has 6 aromatic rings. The molecule has 2 aromatic heterocycles. The zero-order valence-corrected chi connectivity index (χ0v) is 54.3. The van der Waals surface area contributed by atoms with E-state index in [1.807, 2.05) is 6.92 Å². The van der Waals surface area contributed by atoms with Gasteiger partial charge in [-0.3, -0.25) is 24.6 Å². The summed E-state index contributed by atoms with van der Waals surface area (Å²) in [4.78, 5) is 67.8. The van der Waals surface area contributed by atoms with Gasteiger partial charge in [-0.15, -0.1) is 47.0 Å². The van der Waals surface area contributed by atoms with Crippen molar-refractivity contribution in [1.82, 2.24) is 19.9 Å². The number of halogens is 12. The first kappa shape index (κ1) is 79.9. The van der Waals surface area contributed by atoms with Crippen molar-refractivity contribution in [2.24, 2.45) is 17.2 Å². The monoisotopic (exact) mass is 1420 g/mol. The van der Waals surface area contributed by atoms with Gasteiger partial charge in [0, 0.05) is 91.9 Å². The van der Waals surface area contributed by atoms with Crippen LogP contribution in [0.3, 0.4) is 0 Å². The van der Waals surface area contributed by atoms with Crippen LogP contribution in [0, 0.1) is 5.41 Å². The average Bonchev–Trinajstić information content (AvgIpc) is 0.821. The summed E-state index contributed by atoms with van der Waals surface area (Å²) in [5, 5.41) is 7.28. The van der Waals surface area contributed by atoms with Gasteiger partial charge >= 0.3 is 24.7 Å². The van der Waals surface area contributed by atoms with Crippen molar-refractivity contribution in [3.05, 3.63) is 153 Å². The number of nitrogens with two attached hydrogens (primary N) is 3. The third-order valence-electron chi connectivity index (χ3n) is 13.2. The summed E-state index contributed by atoms with van der Waals surface area (Å²) >= 11 is 3.80. The lowest BCUT2D eigenvalue weighted by molar-refractivity contribution is -0.140. The molecule has 95 heavy (non-hydrogen) atoms. The molecule has 0 aliphatic heterocycles. The third-order valence-corrected chi connectivity index (χ3v) is 17.9. The molecule has 0 amide bonds. The number of amidine groups is 1. The molecule has 0 unspecified atom stereocenters. The summed E-state index contributed by atoms with van der Waals surface area (Å²) in [6, 6.07) is 10.3. The number of benzene rings is 4. The lowest BCUT2D eigenvalue weighted by atomic mass is 10.0. The molecular weight excluding hydrogens is 1350 g/mol. The number of aromatic nitrogens is 4. The molecule has 2 heterocycles. The molecule has 0 fully saturated rings. The van der Waals surface area contributed by atoms with Gasteiger partial charge in [0.2, 0.25) is 0 Å². The number of rotatable bonds is 32. The third kappa shape index (κ3) is 23.4. The van der Waals surface area contributed by atoms with Crippen LogP contribution in [-0.2, 0) is 50.4 Å². The summed E-state index contributed by atoms with van der Waals surface area (Å²) in [5.41, 5.74) is 11.6. The van der Waals surface area contributed by atoms with Gasteiger partial charge in [-0.05, 0) is 104 Å². The van der Waals surface area contributed by atoms with Crippen molar-refractivity contribution in [2.45, 2.75) is 116 Å². The Hall–Kier alpha value is -7.55. The van der Waals surface area contributed by atoms with E-state index in [1.54, 1.807) is 0 Å². The Kier molecular flexibility index (Phi) is 30.3. The number of hydrogen-bond acceptors (Lipinski definition) is 19. The largest absolute Gasteiger partial charge is 0.496 e. The van der Waals surface area contributed by atoms with Gasteiger partial charge in [0.05, 0.1) is 56.5 Å².